The number of benzene rings is 1. The van der Waals surface area contributed by atoms with E-state index < -0.39 is 18.2 Å². The van der Waals surface area contributed by atoms with Gasteiger partial charge in [-0.2, -0.15) is 13.8 Å². The first kappa shape index (κ1) is 17.9. The number of ether oxygens (including phenoxy) is 2. The molecule has 26 heavy (non-hydrogen) atoms. The van der Waals surface area contributed by atoms with Crippen LogP contribution in [0.4, 0.5) is 13.2 Å². The molecule has 1 aromatic carbocycles. The third-order valence-electron chi connectivity index (χ3n) is 3.18. The van der Waals surface area contributed by atoms with Crippen molar-refractivity contribution >= 4 is 11.6 Å². The number of halogens is 4. The van der Waals surface area contributed by atoms with E-state index >= 15 is 0 Å². The Labute approximate surface area is 150 Å². The van der Waals surface area contributed by atoms with Crippen LogP contribution in [-0.2, 0) is 6.61 Å². The van der Waals surface area contributed by atoms with Crippen molar-refractivity contribution < 1.29 is 22.6 Å². The van der Waals surface area contributed by atoms with E-state index in [1.54, 1.807) is 6.92 Å². The standard InChI is InChI=1S/C15H11ClF3N5O2/c1-8-11(16)5-20-15(21-8)25-7-9-6-24(23-22-9)10-2-3-12(17)13(4-10)26-14(18)19/h2-6,14H,7H2,1H3. The van der Waals surface area contributed by atoms with E-state index in [1.165, 1.54) is 23.1 Å². The van der Waals surface area contributed by atoms with E-state index in [0.29, 0.717) is 22.1 Å². The first-order chi connectivity index (χ1) is 12.4. The van der Waals surface area contributed by atoms with Crippen molar-refractivity contribution in [1.82, 2.24) is 25.0 Å². The predicted molar refractivity (Wildman–Crippen MR) is 84.1 cm³/mol. The summed E-state index contributed by atoms with van der Waals surface area (Å²) in [4.78, 5) is 7.97. The van der Waals surface area contributed by atoms with Crippen molar-refractivity contribution in [1.29, 1.82) is 0 Å². The fraction of sp³-hybridized carbons (Fsp3) is 0.200. The maximum Gasteiger partial charge on any atom is 0.387 e. The summed E-state index contributed by atoms with van der Waals surface area (Å²) in [5.41, 5.74) is 1.28. The summed E-state index contributed by atoms with van der Waals surface area (Å²) in [5, 5.41) is 8.14. The molecule has 0 aliphatic heterocycles. The minimum absolute atomic E-state index is 0.0165. The van der Waals surface area contributed by atoms with E-state index in [9.17, 15) is 13.2 Å². The lowest BCUT2D eigenvalue weighted by atomic mass is 10.3. The Hall–Kier alpha value is -2.88. The zero-order valence-electron chi connectivity index (χ0n) is 13.2. The highest BCUT2D eigenvalue weighted by atomic mass is 35.5. The summed E-state index contributed by atoms with van der Waals surface area (Å²) in [6.45, 7) is -1.41. The summed E-state index contributed by atoms with van der Waals surface area (Å²) >= 11 is 5.83. The van der Waals surface area contributed by atoms with Gasteiger partial charge in [0.1, 0.15) is 12.3 Å². The number of hydrogen-bond donors (Lipinski definition) is 0. The Morgan fingerprint density at radius 2 is 2.12 bits per heavy atom. The van der Waals surface area contributed by atoms with Gasteiger partial charge in [-0.1, -0.05) is 16.8 Å². The lowest BCUT2D eigenvalue weighted by molar-refractivity contribution is -0.0521. The Morgan fingerprint density at radius 3 is 2.85 bits per heavy atom. The molecule has 0 fully saturated rings. The second kappa shape index (κ2) is 7.56. The minimum Gasteiger partial charge on any atom is -0.457 e. The molecule has 0 N–H and O–H groups in total. The van der Waals surface area contributed by atoms with Gasteiger partial charge in [0.15, 0.2) is 11.6 Å². The van der Waals surface area contributed by atoms with E-state index in [2.05, 4.69) is 25.0 Å². The first-order valence-corrected chi connectivity index (χ1v) is 7.58. The summed E-state index contributed by atoms with van der Waals surface area (Å²) < 4.78 is 48.8. The first-order valence-electron chi connectivity index (χ1n) is 7.20. The SMILES string of the molecule is Cc1nc(OCc2cn(-c3ccc(F)c(OC(F)F)c3)nn2)ncc1Cl. The topological polar surface area (TPSA) is 75.0 Å². The molecule has 0 radical (unpaired) electrons. The number of hydrogen-bond acceptors (Lipinski definition) is 6. The highest BCUT2D eigenvalue weighted by Gasteiger charge is 2.13. The van der Waals surface area contributed by atoms with E-state index in [1.807, 2.05) is 0 Å². The monoisotopic (exact) mass is 385 g/mol. The van der Waals surface area contributed by atoms with Crippen molar-refractivity contribution in [3.8, 4) is 17.4 Å². The summed E-state index contributed by atoms with van der Waals surface area (Å²) in [6, 6.07) is 3.55. The zero-order valence-corrected chi connectivity index (χ0v) is 14.0. The molecule has 3 rings (SSSR count). The van der Waals surface area contributed by atoms with Crippen LogP contribution >= 0.6 is 11.6 Å². The molecular weight excluding hydrogens is 375 g/mol. The highest BCUT2D eigenvalue weighted by molar-refractivity contribution is 6.31. The zero-order chi connectivity index (χ0) is 18.7. The average Bonchev–Trinajstić information content (AvgIpc) is 3.06. The second-order valence-electron chi connectivity index (χ2n) is 5.02. The molecule has 0 aliphatic rings. The molecule has 2 heterocycles. The predicted octanol–water partition coefficient (Wildman–Crippen LogP) is 3.34. The Balaban J connectivity index is 1.72. The lowest BCUT2D eigenvalue weighted by Gasteiger charge is -2.07. The molecule has 0 aliphatic carbocycles. The maximum atomic E-state index is 13.5. The Morgan fingerprint density at radius 1 is 1.31 bits per heavy atom. The van der Waals surface area contributed by atoms with Crippen molar-refractivity contribution in [3.63, 3.8) is 0 Å². The molecule has 7 nitrogen and oxygen atoms in total. The minimum atomic E-state index is -3.14. The normalized spacial score (nSPS) is 11.0. The quantitative estimate of drug-likeness (QED) is 0.648. The molecule has 0 saturated heterocycles. The van der Waals surface area contributed by atoms with Gasteiger partial charge in [-0.05, 0) is 19.1 Å². The average molecular weight is 386 g/mol. The molecule has 0 spiro atoms. The molecule has 11 heteroatoms. The number of alkyl halides is 2. The molecule has 0 atom stereocenters. The van der Waals surface area contributed by atoms with Gasteiger partial charge in [0.25, 0.3) is 0 Å². The van der Waals surface area contributed by atoms with Gasteiger partial charge in [0, 0.05) is 6.07 Å². The van der Waals surface area contributed by atoms with Gasteiger partial charge in [0.05, 0.1) is 28.8 Å². The van der Waals surface area contributed by atoms with Crippen LogP contribution in [0.2, 0.25) is 5.02 Å². The molecule has 2 aromatic heterocycles. The smallest absolute Gasteiger partial charge is 0.387 e. The number of aryl methyl sites for hydroxylation is 1. The van der Waals surface area contributed by atoms with Crippen LogP contribution < -0.4 is 9.47 Å². The molecular formula is C15H11ClF3N5O2. The van der Waals surface area contributed by atoms with Crippen LogP contribution in [0, 0.1) is 12.7 Å². The van der Waals surface area contributed by atoms with Gasteiger partial charge >= 0.3 is 12.6 Å². The summed E-state index contributed by atoms with van der Waals surface area (Å²) in [7, 11) is 0. The second-order valence-corrected chi connectivity index (χ2v) is 5.43. The molecule has 0 amide bonds. The van der Waals surface area contributed by atoms with Gasteiger partial charge in [-0.3, -0.25) is 0 Å². The fourth-order valence-corrected chi connectivity index (χ4v) is 2.04. The van der Waals surface area contributed by atoms with Crippen molar-refractivity contribution in [3.05, 3.63) is 52.8 Å². The van der Waals surface area contributed by atoms with Crippen molar-refractivity contribution in [2.24, 2.45) is 0 Å². The third kappa shape index (κ3) is 4.20. The van der Waals surface area contributed by atoms with Gasteiger partial charge < -0.3 is 9.47 Å². The fourth-order valence-electron chi connectivity index (χ4n) is 1.95. The van der Waals surface area contributed by atoms with Crippen LogP contribution in [0.25, 0.3) is 5.69 Å². The largest absolute Gasteiger partial charge is 0.457 e. The van der Waals surface area contributed by atoms with Crippen LogP contribution in [0.1, 0.15) is 11.4 Å². The van der Waals surface area contributed by atoms with E-state index in [-0.39, 0.29) is 12.6 Å². The molecule has 0 saturated carbocycles. The Bertz CT molecular complexity index is 922. The van der Waals surface area contributed by atoms with E-state index in [0.717, 1.165) is 12.1 Å². The number of rotatable bonds is 6. The number of aromatic nitrogens is 5. The lowest BCUT2D eigenvalue weighted by Crippen LogP contribution is -2.05. The van der Waals surface area contributed by atoms with Gasteiger partial charge in [-0.25, -0.2) is 14.1 Å². The van der Waals surface area contributed by atoms with Crippen LogP contribution in [-0.4, -0.2) is 31.6 Å². The molecule has 0 unspecified atom stereocenters. The van der Waals surface area contributed by atoms with Crippen LogP contribution in [0.5, 0.6) is 11.8 Å². The molecule has 136 valence electrons. The highest BCUT2D eigenvalue weighted by Crippen LogP contribution is 2.23. The van der Waals surface area contributed by atoms with Crippen molar-refractivity contribution in [2.75, 3.05) is 0 Å². The van der Waals surface area contributed by atoms with E-state index in [4.69, 9.17) is 16.3 Å². The maximum absolute atomic E-state index is 13.5. The molecule has 0 bridgehead atoms. The van der Waals surface area contributed by atoms with Crippen LogP contribution in [0.15, 0.2) is 30.6 Å². The third-order valence-corrected chi connectivity index (χ3v) is 3.55. The van der Waals surface area contributed by atoms with Crippen LogP contribution in [0.3, 0.4) is 0 Å². The van der Waals surface area contributed by atoms with Gasteiger partial charge in [-0.15, -0.1) is 5.10 Å². The molecule has 3 aromatic rings. The Kier molecular flexibility index (Phi) is 5.21. The summed E-state index contributed by atoms with van der Waals surface area (Å²) in [5.74, 6) is -1.50. The van der Waals surface area contributed by atoms with Crippen molar-refractivity contribution in [2.45, 2.75) is 20.1 Å². The number of nitrogens with zero attached hydrogens (tertiary/aromatic N) is 5. The summed E-state index contributed by atoms with van der Waals surface area (Å²) in [6.07, 6.45) is 2.90. The van der Waals surface area contributed by atoms with Gasteiger partial charge in [0.2, 0.25) is 0 Å².